The normalized spacial score (nSPS) is 11.3. The van der Waals surface area contributed by atoms with Crippen LogP contribution in [0.15, 0.2) is 17.6 Å². The molecule has 0 saturated carbocycles. The number of nitrogens with zero attached hydrogens (tertiary/aromatic N) is 2. The molecule has 18 heavy (non-hydrogen) atoms. The standard InChI is InChI=1S/C12H24N4O.HI/c1-7-8-13-11(15-12(2,3)4)14-9-10(17)16(5)6;/h7H,1,8-9H2,2-6H3,(H2,13,14,15);1H. The van der Waals surface area contributed by atoms with Gasteiger partial charge in [-0.15, -0.1) is 30.6 Å². The van der Waals surface area contributed by atoms with Crippen molar-refractivity contribution < 1.29 is 4.79 Å². The number of carbonyl (C=O) groups excluding carboxylic acids is 1. The van der Waals surface area contributed by atoms with E-state index in [1.165, 1.54) is 4.90 Å². The van der Waals surface area contributed by atoms with Crippen LogP contribution in [0, 0.1) is 0 Å². The van der Waals surface area contributed by atoms with Crippen molar-refractivity contribution in [2.45, 2.75) is 26.3 Å². The summed E-state index contributed by atoms with van der Waals surface area (Å²) in [6, 6.07) is 0. The number of rotatable bonds is 4. The van der Waals surface area contributed by atoms with Crippen LogP contribution in [0.2, 0.25) is 0 Å². The number of hydrogen-bond acceptors (Lipinski definition) is 2. The quantitative estimate of drug-likeness (QED) is 0.340. The molecule has 0 aromatic heterocycles. The van der Waals surface area contributed by atoms with Gasteiger partial charge in [0, 0.05) is 26.2 Å². The Kier molecular flexibility index (Phi) is 9.97. The Bertz CT molecular complexity index is 295. The zero-order valence-electron chi connectivity index (χ0n) is 11.9. The van der Waals surface area contributed by atoms with Gasteiger partial charge in [0.2, 0.25) is 5.91 Å². The number of carbonyl (C=O) groups is 1. The van der Waals surface area contributed by atoms with E-state index in [-0.39, 0.29) is 42.0 Å². The summed E-state index contributed by atoms with van der Waals surface area (Å²) >= 11 is 0. The summed E-state index contributed by atoms with van der Waals surface area (Å²) in [5, 5.41) is 6.28. The molecule has 0 spiro atoms. The van der Waals surface area contributed by atoms with Crippen LogP contribution in [-0.4, -0.2) is 49.5 Å². The monoisotopic (exact) mass is 368 g/mol. The number of hydrogen-bond donors (Lipinski definition) is 2. The molecule has 0 aliphatic heterocycles. The number of halogens is 1. The second kappa shape index (κ2) is 9.18. The summed E-state index contributed by atoms with van der Waals surface area (Å²) in [5.41, 5.74) is -0.103. The average Bonchev–Trinajstić information content (AvgIpc) is 2.19. The maximum atomic E-state index is 11.4. The lowest BCUT2D eigenvalue weighted by Gasteiger charge is -2.23. The zero-order chi connectivity index (χ0) is 13.5. The third-order valence-corrected chi connectivity index (χ3v) is 1.78. The Morgan fingerprint density at radius 2 is 1.94 bits per heavy atom. The zero-order valence-corrected chi connectivity index (χ0v) is 14.2. The van der Waals surface area contributed by atoms with Crippen molar-refractivity contribution in [3.05, 3.63) is 12.7 Å². The summed E-state index contributed by atoms with van der Waals surface area (Å²) in [7, 11) is 3.43. The molecule has 0 rings (SSSR count). The molecule has 0 saturated heterocycles. The van der Waals surface area contributed by atoms with Gasteiger partial charge in [-0.3, -0.25) is 4.79 Å². The van der Waals surface area contributed by atoms with E-state index < -0.39 is 0 Å². The third kappa shape index (κ3) is 10.4. The highest BCUT2D eigenvalue weighted by Gasteiger charge is 2.12. The minimum atomic E-state index is -0.103. The molecule has 5 nitrogen and oxygen atoms in total. The number of likely N-dealkylation sites (N-methyl/N-ethyl adjacent to an activating group) is 1. The molecular weight excluding hydrogens is 343 g/mol. The van der Waals surface area contributed by atoms with Gasteiger partial charge in [-0.1, -0.05) is 6.08 Å². The van der Waals surface area contributed by atoms with Crippen LogP contribution < -0.4 is 10.6 Å². The molecule has 0 unspecified atom stereocenters. The van der Waals surface area contributed by atoms with Gasteiger partial charge in [0.25, 0.3) is 0 Å². The Morgan fingerprint density at radius 1 is 1.39 bits per heavy atom. The highest BCUT2D eigenvalue weighted by Crippen LogP contribution is 1.97. The molecule has 106 valence electrons. The Morgan fingerprint density at radius 3 is 2.33 bits per heavy atom. The number of amides is 1. The lowest BCUT2D eigenvalue weighted by atomic mass is 10.1. The van der Waals surface area contributed by atoms with Crippen molar-refractivity contribution in [3.63, 3.8) is 0 Å². The van der Waals surface area contributed by atoms with Crippen LogP contribution in [0.25, 0.3) is 0 Å². The second-order valence-electron chi connectivity index (χ2n) is 5.00. The van der Waals surface area contributed by atoms with Crippen LogP contribution >= 0.6 is 24.0 Å². The van der Waals surface area contributed by atoms with Crippen LogP contribution in [0.5, 0.6) is 0 Å². The first-order valence-electron chi connectivity index (χ1n) is 5.64. The number of guanidine groups is 1. The largest absolute Gasteiger partial charge is 0.353 e. The first kappa shape index (κ1) is 19.5. The SMILES string of the molecule is C=CCNC(=NCC(=O)N(C)C)NC(C)(C)C.I. The Hall–Kier alpha value is -0.790. The van der Waals surface area contributed by atoms with Gasteiger partial charge in [-0.2, -0.15) is 0 Å². The van der Waals surface area contributed by atoms with E-state index in [1.54, 1.807) is 20.2 Å². The van der Waals surface area contributed by atoms with Gasteiger partial charge in [0.15, 0.2) is 5.96 Å². The van der Waals surface area contributed by atoms with Gasteiger partial charge in [-0.05, 0) is 20.8 Å². The van der Waals surface area contributed by atoms with Crippen molar-refractivity contribution in [2.75, 3.05) is 27.2 Å². The van der Waals surface area contributed by atoms with Crippen LogP contribution in [0.3, 0.4) is 0 Å². The van der Waals surface area contributed by atoms with Crippen molar-refractivity contribution >= 4 is 35.8 Å². The smallest absolute Gasteiger partial charge is 0.243 e. The lowest BCUT2D eigenvalue weighted by Crippen LogP contribution is -2.48. The molecule has 0 aromatic rings. The van der Waals surface area contributed by atoms with E-state index in [4.69, 9.17) is 0 Å². The minimum absolute atomic E-state index is 0. The molecule has 0 heterocycles. The van der Waals surface area contributed by atoms with E-state index >= 15 is 0 Å². The van der Waals surface area contributed by atoms with Crippen LogP contribution in [0.1, 0.15) is 20.8 Å². The van der Waals surface area contributed by atoms with Gasteiger partial charge >= 0.3 is 0 Å². The van der Waals surface area contributed by atoms with E-state index in [1.807, 2.05) is 20.8 Å². The maximum Gasteiger partial charge on any atom is 0.243 e. The molecule has 0 aliphatic carbocycles. The molecule has 0 aliphatic rings. The summed E-state index contributed by atoms with van der Waals surface area (Å²) in [4.78, 5) is 17.2. The molecule has 0 atom stereocenters. The highest BCUT2D eigenvalue weighted by molar-refractivity contribution is 14.0. The van der Waals surface area contributed by atoms with E-state index in [9.17, 15) is 4.79 Å². The summed E-state index contributed by atoms with van der Waals surface area (Å²) in [6.45, 7) is 10.5. The molecule has 0 bridgehead atoms. The molecular formula is C12H25IN4O. The molecule has 6 heteroatoms. The van der Waals surface area contributed by atoms with Gasteiger partial charge < -0.3 is 15.5 Å². The van der Waals surface area contributed by atoms with Crippen LogP contribution in [0.4, 0.5) is 0 Å². The van der Waals surface area contributed by atoms with Gasteiger partial charge in [-0.25, -0.2) is 4.99 Å². The van der Waals surface area contributed by atoms with E-state index in [2.05, 4.69) is 22.2 Å². The van der Waals surface area contributed by atoms with E-state index in [0.717, 1.165) is 0 Å². The van der Waals surface area contributed by atoms with Crippen molar-refractivity contribution in [1.29, 1.82) is 0 Å². The van der Waals surface area contributed by atoms with Crippen molar-refractivity contribution in [1.82, 2.24) is 15.5 Å². The summed E-state index contributed by atoms with van der Waals surface area (Å²) < 4.78 is 0. The maximum absolute atomic E-state index is 11.4. The number of aliphatic imine (C=N–C) groups is 1. The Balaban J connectivity index is 0. The minimum Gasteiger partial charge on any atom is -0.353 e. The van der Waals surface area contributed by atoms with Crippen molar-refractivity contribution in [2.24, 2.45) is 4.99 Å². The molecule has 0 fully saturated rings. The highest BCUT2D eigenvalue weighted by atomic mass is 127. The Labute approximate surface area is 127 Å². The average molecular weight is 368 g/mol. The molecule has 0 radical (unpaired) electrons. The van der Waals surface area contributed by atoms with Gasteiger partial charge in [0.05, 0.1) is 0 Å². The van der Waals surface area contributed by atoms with E-state index in [0.29, 0.717) is 12.5 Å². The third-order valence-electron chi connectivity index (χ3n) is 1.78. The fraction of sp³-hybridized carbons (Fsp3) is 0.667. The van der Waals surface area contributed by atoms with Crippen LogP contribution in [-0.2, 0) is 4.79 Å². The predicted octanol–water partition coefficient (Wildman–Crippen LogP) is 1.21. The first-order valence-corrected chi connectivity index (χ1v) is 5.64. The first-order chi connectivity index (χ1) is 7.76. The summed E-state index contributed by atoms with van der Waals surface area (Å²) in [5.74, 6) is 0.589. The predicted molar refractivity (Wildman–Crippen MR) is 87.5 cm³/mol. The molecule has 0 aromatic carbocycles. The lowest BCUT2D eigenvalue weighted by molar-refractivity contribution is -0.127. The summed E-state index contributed by atoms with van der Waals surface area (Å²) in [6.07, 6.45) is 1.74. The molecule has 1 amide bonds. The molecule has 2 N–H and O–H groups in total. The van der Waals surface area contributed by atoms with Gasteiger partial charge in [0.1, 0.15) is 6.54 Å². The second-order valence-corrected chi connectivity index (χ2v) is 5.00. The number of nitrogens with one attached hydrogen (secondary N) is 2. The van der Waals surface area contributed by atoms with Crippen molar-refractivity contribution in [3.8, 4) is 0 Å². The fourth-order valence-corrected chi connectivity index (χ4v) is 0.952. The fourth-order valence-electron chi connectivity index (χ4n) is 0.952. The topological polar surface area (TPSA) is 56.7 Å².